The van der Waals surface area contributed by atoms with Gasteiger partial charge in [0, 0.05) is 11.3 Å². The van der Waals surface area contributed by atoms with Crippen molar-refractivity contribution in [3.63, 3.8) is 0 Å². The van der Waals surface area contributed by atoms with Crippen molar-refractivity contribution in [1.82, 2.24) is 0 Å². The summed E-state index contributed by atoms with van der Waals surface area (Å²) in [6, 6.07) is 7.48. The van der Waals surface area contributed by atoms with Gasteiger partial charge in [-0.05, 0) is 23.8 Å². The van der Waals surface area contributed by atoms with Crippen LogP contribution in [0.2, 0.25) is 0 Å². The standard InChI is InChI=1S/C13H14O3/c1-8(2)12-7-10-5-9(6-13(14)15)3-4-11(10)16-12/h3-5,7-8H,6H2,1-2H3,(H,14,15). The number of hydrogen-bond donors (Lipinski definition) is 1. The van der Waals surface area contributed by atoms with Gasteiger partial charge in [-0.3, -0.25) is 4.79 Å². The molecule has 16 heavy (non-hydrogen) atoms. The maximum Gasteiger partial charge on any atom is 0.307 e. The Kier molecular flexibility index (Phi) is 2.69. The quantitative estimate of drug-likeness (QED) is 0.860. The largest absolute Gasteiger partial charge is 0.481 e. The van der Waals surface area contributed by atoms with Crippen LogP contribution in [-0.2, 0) is 11.2 Å². The molecule has 2 aromatic rings. The molecule has 2 rings (SSSR count). The number of fused-ring (bicyclic) bond motifs is 1. The second-order valence-electron chi connectivity index (χ2n) is 4.25. The second kappa shape index (κ2) is 4.00. The van der Waals surface area contributed by atoms with Crippen LogP contribution in [0.4, 0.5) is 0 Å². The van der Waals surface area contributed by atoms with Crippen LogP contribution in [0.25, 0.3) is 11.0 Å². The van der Waals surface area contributed by atoms with Gasteiger partial charge in [-0.15, -0.1) is 0 Å². The average Bonchev–Trinajstić information content (AvgIpc) is 2.59. The fourth-order valence-electron chi connectivity index (χ4n) is 1.68. The molecule has 1 N–H and O–H groups in total. The lowest BCUT2D eigenvalue weighted by Gasteiger charge is -1.96. The fourth-order valence-corrected chi connectivity index (χ4v) is 1.68. The third-order valence-corrected chi connectivity index (χ3v) is 2.52. The molecule has 1 aromatic heterocycles. The van der Waals surface area contributed by atoms with Crippen molar-refractivity contribution in [3.05, 3.63) is 35.6 Å². The van der Waals surface area contributed by atoms with E-state index < -0.39 is 5.97 Å². The van der Waals surface area contributed by atoms with Crippen molar-refractivity contribution in [1.29, 1.82) is 0 Å². The Hall–Kier alpha value is -1.77. The number of benzene rings is 1. The molecular weight excluding hydrogens is 204 g/mol. The summed E-state index contributed by atoms with van der Waals surface area (Å²) in [5.74, 6) is 0.463. The van der Waals surface area contributed by atoms with Gasteiger partial charge < -0.3 is 9.52 Å². The van der Waals surface area contributed by atoms with Crippen LogP contribution in [0.15, 0.2) is 28.7 Å². The lowest BCUT2D eigenvalue weighted by atomic mass is 10.1. The number of hydrogen-bond acceptors (Lipinski definition) is 2. The van der Waals surface area contributed by atoms with Crippen LogP contribution in [-0.4, -0.2) is 11.1 Å². The van der Waals surface area contributed by atoms with Crippen LogP contribution in [0.3, 0.4) is 0 Å². The molecule has 0 amide bonds. The van der Waals surface area contributed by atoms with E-state index in [0.717, 1.165) is 22.3 Å². The van der Waals surface area contributed by atoms with E-state index in [9.17, 15) is 4.79 Å². The molecule has 1 aromatic carbocycles. The summed E-state index contributed by atoms with van der Waals surface area (Å²) in [5, 5.41) is 9.68. The van der Waals surface area contributed by atoms with E-state index >= 15 is 0 Å². The number of rotatable bonds is 3. The lowest BCUT2D eigenvalue weighted by Crippen LogP contribution is -1.99. The Bertz CT molecular complexity index is 523. The fraction of sp³-hybridized carbons (Fsp3) is 0.308. The van der Waals surface area contributed by atoms with Crippen molar-refractivity contribution >= 4 is 16.9 Å². The zero-order valence-electron chi connectivity index (χ0n) is 9.36. The molecule has 3 nitrogen and oxygen atoms in total. The topological polar surface area (TPSA) is 50.4 Å². The number of furan rings is 1. The molecule has 0 aliphatic carbocycles. The summed E-state index contributed by atoms with van der Waals surface area (Å²) in [6.07, 6.45) is 0.0537. The molecule has 84 valence electrons. The first-order chi connectivity index (χ1) is 7.56. The Morgan fingerprint density at radius 1 is 1.38 bits per heavy atom. The molecule has 0 atom stereocenters. The van der Waals surface area contributed by atoms with Gasteiger partial charge in [0.05, 0.1) is 6.42 Å². The first-order valence-electron chi connectivity index (χ1n) is 5.30. The zero-order valence-corrected chi connectivity index (χ0v) is 9.36. The van der Waals surface area contributed by atoms with Gasteiger partial charge in [0.25, 0.3) is 0 Å². The molecule has 0 fully saturated rings. The van der Waals surface area contributed by atoms with E-state index in [2.05, 4.69) is 13.8 Å². The summed E-state index contributed by atoms with van der Waals surface area (Å²) >= 11 is 0. The molecule has 3 heteroatoms. The zero-order chi connectivity index (χ0) is 11.7. The van der Waals surface area contributed by atoms with Gasteiger partial charge in [0.2, 0.25) is 0 Å². The molecule has 0 aliphatic rings. The molecule has 0 saturated carbocycles. The highest BCUT2D eigenvalue weighted by molar-refractivity contribution is 5.80. The van der Waals surface area contributed by atoms with Crippen molar-refractivity contribution in [2.45, 2.75) is 26.2 Å². The molecule has 0 spiro atoms. The minimum absolute atomic E-state index is 0.0537. The van der Waals surface area contributed by atoms with E-state index in [1.54, 1.807) is 6.07 Å². The van der Waals surface area contributed by atoms with Crippen LogP contribution in [0, 0.1) is 0 Å². The maximum atomic E-state index is 10.6. The molecule has 0 unspecified atom stereocenters. The minimum Gasteiger partial charge on any atom is -0.481 e. The third kappa shape index (κ3) is 2.08. The van der Waals surface area contributed by atoms with Crippen molar-refractivity contribution < 1.29 is 14.3 Å². The molecule has 0 bridgehead atoms. The predicted octanol–water partition coefficient (Wildman–Crippen LogP) is 3.18. The minimum atomic E-state index is -0.813. The van der Waals surface area contributed by atoms with E-state index in [1.165, 1.54) is 0 Å². The van der Waals surface area contributed by atoms with E-state index in [4.69, 9.17) is 9.52 Å². The van der Waals surface area contributed by atoms with Crippen molar-refractivity contribution in [2.75, 3.05) is 0 Å². The Labute approximate surface area is 93.7 Å². The SMILES string of the molecule is CC(C)c1cc2cc(CC(=O)O)ccc2o1. The summed E-state index contributed by atoms with van der Waals surface area (Å²) in [5.41, 5.74) is 1.62. The number of carboxylic acid groups (broad SMARTS) is 1. The number of carboxylic acids is 1. The maximum absolute atomic E-state index is 10.6. The van der Waals surface area contributed by atoms with E-state index in [1.807, 2.05) is 18.2 Å². The van der Waals surface area contributed by atoms with Gasteiger partial charge in [-0.2, -0.15) is 0 Å². The van der Waals surface area contributed by atoms with Gasteiger partial charge in [0.1, 0.15) is 11.3 Å². The Morgan fingerprint density at radius 3 is 2.75 bits per heavy atom. The summed E-state index contributed by atoms with van der Waals surface area (Å²) in [6.45, 7) is 4.13. The van der Waals surface area contributed by atoms with E-state index in [-0.39, 0.29) is 6.42 Å². The van der Waals surface area contributed by atoms with Crippen LogP contribution in [0.5, 0.6) is 0 Å². The predicted molar refractivity (Wildman–Crippen MR) is 61.6 cm³/mol. The summed E-state index contributed by atoms with van der Waals surface area (Å²) < 4.78 is 5.64. The highest BCUT2D eigenvalue weighted by Crippen LogP contribution is 2.25. The monoisotopic (exact) mass is 218 g/mol. The van der Waals surface area contributed by atoms with Gasteiger partial charge in [0.15, 0.2) is 0 Å². The normalized spacial score (nSPS) is 11.2. The Morgan fingerprint density at radius 2 is 2.12 bits per heavy atom. The summed E-state index contributed by atoms with van der Waals surface area (Å²) in [7, 11) is 0. The summed E-state index contributed by atoms with van der Waals surface area (Å²) in [4.78, 5) is 10.6. The van der Waals surface area contributed by atoms with Crippen molar-refractivity contribution in [2.24, 2.45) is 0 Å². The van der Waals surface area contributed by atoms with Crippen LogP contribution >= 0.6 is 0 Å². The molecule has 0 saturated heterocycles. The highest BCUT2D eigenvalue weighted by atomic mass is 16.4. The molecule has 1 heterocycles. The highest BCUT2D eigenvalue weighted by Gasteiger charge is 2.08. The number of aliphatic carboxylic acids is 1. The second-order valence-corrected chi connectivity index (χ2v) is 4.25. The average molecular weight is 218 g/mol. The third-order valence-electron chi connectivity index (χ3n) is 2.52. The molecule has 0 aliphatic heterocycles. The van der Waals surface area contributed by atoms with E-state index in [0.29, 0.717) is 5.92 Å². The van der Waals surface area contributed by atoms with Gasteiger partial charge >= 0.3 is 5.97 Å². The van der Waals surface area contributed by atoms with Gasteiger partial charge in [-0.25, -0.2) is 0 Å². The van der Waals surface area contributed by atoms with Crippen LogP contribution < -0.4 is 0 Å². The van der Waals surface area contributed by atoms with Crippen molar-refractivity contribution in [3.8, 4) is 0 Å². The molecular formula is C13H14O3. The van der Waals surface area contributed by atoms with Crippen LogP contribution in [0.1, 0.15) is 31.1 Å². The first-order valence-corrected chi connectivity index (χ1v) is 5.30. The lowest BCUT2D eigenvalue weighted by molar-refractivity contribution is -0.136. The first kappa shape index (κ1) is 10.7. The number of carbonyl (C=O) groups is 1. The van der Waals surface area contributed by atoms with Gasteiger partial charge in [-0.1, -0.05) is 19.9 Å². The Balaban J connectivity index is 2.41. The molecule has 0 radical (unpaired) electrons. The smallest absolute Gasteiger partial charge is 0.307 e.